The van der Waals surface area contributed by atoms with Crippen molar-refractivity contribution >= 4 is 11.7 Å². The van der Waals surface area contributed by atoms with E-state index in [9.17, 15) is 14.4 Å². The highest BCUT2D eigenvalue weighted by Gasteiger charge is 2.30. The number of rotatable bonds is 6. The molecule has 22 heavy (non-hydrogen) atoms. The SMILES string of the molecule is CC(C)C[C@H](NC(=O)C1CCCCC1)C(=O)c1n[nH]c(=O)o1.[HH]. The van der Waals surface area contributed by atoms with Crippen molar-refractivity contribution in [2.45, 2.75) is 58.4 Å². The quantitative estimate of drug-likeness (QED) is 0.781. The second kappa shape index (κ2) is 7.38. The molecule has 1 atom stereocenters. The molecule has 1 aromatic rings. The lowest BCUT2D eigenvalue weighted by Crippen LogP contribution is -2.45. The zero-order chi connectivity index (χ0) is 16.1. The van der Waals surface area contributed by atoms with Crippen LogP contribution in [0.5, 0.6) is 0 Å². The van der Waals surface area contributed by atoms with Crippen molar-refractivity contribution in [2.75, 3.05) is 0 Å². The van der Waals surface area contributed by atoms with Crippen molar-refractivity contribution in [1.29, 1.82) is 0 Å². The van der Waals surface area contributed by atoms with Crippen LogP contribution >= 0.6 is 0 Å². The molecule has 2 rings (SSSR count). The number of carbonyl (C=O) groups is 2. The minimum Gasteiger partial charge on any atom is -0.384 e. The van der Waals surface area contributed by atoms with Crippen molar-refractivity contribution < 1.29 is 15.4 Å². The maximum absolute atomic E-state index is 12.4. The fourth-order valence-electron chi connectivity index (χ4n) is 2.84. The largest absolute Gasteiger partial charge is 0.434 e. The van der Waals surface area contributed by atoms with Gasteiger partial charge in [0.2, 0.25) is 11.7 Å². The maximum Gasteiger partial charge on any atom is 0.434 e. The van der Waals surface area contributed by atoms with E-state index in [2.05, 4.69) is 15.5 Å². The second-order valence-corrected chi connectivity index (χ2v) is 6.31. The fourth-order valence-corrected chi connectivity index (χ4v) is 2.84. The van der Waals surface area contributed by atoms with Gasteiger partial charge < -0.3 is 9.73 Å². The second-order valence-electron chi connectivity index (χ2n) is 6.31. The van der Waals surface area contributed by atoms with Gasteiger partial charge in [-0.15, -0.1) is 5.10 Å². The lowest BCUT2D eigenvalue weighted by atomic mass is 9.88. The van der Waals surface area contributed by atoms with Crippen molar-refractivity contribution in [1.82, 2.24) is 15.5 Å². The molecule has 0 saturated heterocycles. The number of Topliss-reactive ketones (excluding diaryl/α,β-unsaturated/α-hetero) is 1. The molecular weight excluding hydrogens is 286 g/mol. The van der Waals surface area contributed by atoms with E-state index < -0.39 is 17.6 Å². The summed E-state index contributed by atoms with van der Waals surface area (Å²) < 4.78 is 4.71. The number of aromatic nitrogens is 2. The van der Waals surface area contributed by atoms with Crippen LogP contribution in [0.25, 0.3) is 0 Å². The standard InChI is InChI=1S/C15H23N3O4.H2/c1-9(2)8-11(12(19)14-17-18-15(21)22-14)16-13(20)10-6-4-3-5-7-10;/h9-11H,3-8H2,1-2H3,(H,16,20)(H,18,21);1H/t11-;/m0./s1. The van der Waals surface area contributed by atoms with E-state index in [1.165, 1.54) is 0 Å². The van der Waals surface area contributed by atoms with Gasteiger partial charge in [-0.05, 0) is 25.2 Å². The normalized spacial score (nSPS) is 17.4. The Morgan fingerprint density at radius 3 is 2.59 bits per heavy atom. The van der Waals surface area contributed by atoms with Crippen LogP contribution in [0.2, 0.25) is 0 Å². The van der Waals surface area contributed by atoms with Crippen LogP contribution in [0.4, 0.5) is 0 Å². The van der Waals surface area contributed by atoms with Gasteiger partial charge in [0.05, 0.1) is 6.04 Å². The lowest BCUT2D eigenvalue weighted by Gasteiger charge is -2.24. The minimum atomic E-state index is -0.773. The van der Waals surface area contributed by atoms with E-state index in [1.807, 2.05) is 13.8 Å². The predicted octanol–water partition coefficient (Wildman–Crippen LogP) is 1.90. The molecule has 0 unspecified atom stereocenters. The van der Waals surface area contributed by atoms with Gasteiger partial charge in [-0.2, -0.15) is 0 Å². The molecule has 1 heterocycles. The van der Waals surface area contributed by atoms with Gasteiger partial charge >= 0.3 is 5.76 Å². The number of hydrogen-bond donors (Lipinski definition) is 2. The summed E-state index contributed by atoms with van der Waals surface area (Å²) in [6, 6.07) is -0.708. The average Bonchev–Trinajstić information content (AvgIpc) is 2.92. The Balaban J connectivity index is 0.00000264. The van der Waals surface area contributed by atoms with E-state index in [1.54, 1.807) is 0 Å². The summed E-state index contributed by atoms with van der Waals surface area (Å²) in [7, 11) is 0. The molecule has 0 bridgehead atoms. The van der Waals surface area contributed by atoms with Crippen molar-refractivity contribution in [3.63, 3.8) is 0 Å². The molecule has 2 N–H and O–H groups in total. The Kier molecular flexibility index (Phi) is 5.51. The summed E-state index contributed by atoms with van der Waals surface area (Å²) in [6.45, 7) is 3.93. The van der Waals surface area contributed by atoms with Crippen molar-refractivity contribution in [3.8, 4) is 0 Å². The van der Waals surface area contributed by atoms with Gasteiger partial charge in [-0.25, -0.2) is 9.89 Å². The highest BCUT2D eigenvalue weighted by atomic mass is 16.4. The fraction of sp³-hybridized carbons (Fsp3) is 0.733. The van der Waals surface area contributed by atoms with Crippen LogP contribution in [0.15, 0.2) is 9.21 Å². The van der Waals surface area contributed by atoms with Crippen LogP contribution in [-0.2, 0) is 4.79 Å². The summed E-state index contributed by atoms with van der Waals surface area (Å²) in [6.07, 6.45) is 5.48. The summed E-state index contributed by atoms with van der Waals surface area (Å²) >= 11 is 0. The van der Waals surface area contributed by atoms with Crippen LogP contribution in [0, 0.1) is 11.8 Å². The highest BCUT2D eigenvalue weighted by Crippen LogP contribution is 2.24. The molecule has 0 aliphatic heterocycles. The number of amides is 1. The third-order valence-corrected chi connectivity index (χ3v) is 3.96. The number of nitrogens with one attached hydrogen (secondary N) is 2. The van der Waals surface area contributed by atoms with Crippen LogP contribution in [0.1, 0.15) is 64.5 Å². The molecule has 7 nitrogen and oxygen atoms in total. The number of H-pyrrole nitrogens is 1. The third-order valence-electron chi connectivity index (χ3n) is 3.96. The number of nitrogens with zero attached hydrogens (tertiary/aromatic N) is 1. The summed E-state index contributed by atoms with van der Waals surface area (Å²) in [5.41, 5.74) is 0. The third kappa shape index (κ3) is 4.29. The molecular formula is C15H25N3O4. The van der Waals surface area contributed by atoms with Crippen LogP contribution in [0.3, 0.4) is 0 Å². The number of aromatic amines is 1. The Morgan fingerprint density at radius 2 is 2.05 bits per heavy atom. The smallest absolute Gasteiger partial charge is 0.384 e. The first-order valence-electron chi connectivity index (χ1n) is 7.87. The minimum absolute atomic E-state index is 0. The van der Waals surface area contributed by atoms with Gasteiger partial charge in [0.15, 0.2) is 0 Å². The zero-order valence-corrected chi connectivity index (χ0v) is 13.1. The maximum atomic E-state index is 12.4. The van der Waals surface area contributed by atoms with E-state index in [4.69, 9.17) is 4.42 Å². The molecule has 0 spiro atoms. The molecule has 1 aliphatic carbocycles. The Morgan fingerprint density at radius 1 is 1.36 bits per heavy atom. The van der Waals surface area contributed by atoms with Gasteiger partial charge in [0.1, 0.15) is 0 Å². The lowest BCUT2D eigenvalue weighted by molar-refractivity contribution is -0.126. The molecule has 1 fully saturated rings. The molecule has 1 aliphatic rings. The topological polar surface area (TPSA) is 105 Å². The first-order chi connectivity index (χ1) is 10.5. The number of carbonyl (C=O) groups excluding carboxylic acids is 2. The first-order valence-corrected chi connectivity index (χ1v) is 7.87. The number of ketones is 1. The van der Waals surface area contributed by atoms with Crippen molar-refractivity contribution in [2.24, 2.45) is 11.8 Å². The van der Waals surface area contributed by atoms with E-state index in [0.29, 0.717) is 6.42 Å². The summed E-state index contributed by atoms with van der Waals surface area (Å²) in [4.78, 5) is 35.7. The molecule has 1 aromatic heterocycles. The Labute approximate surface area is 130 Å². The zero-order valence-electron chi connectivity index (χ0n) is 13.1. The molecule has 124 valence electrons. The molecule has 7 heteroatoms. The average molecular weight is 311 g/mol. The Bertz CT molecular complexity index is 575. The van der Waals surface area contributed by atoms with Crippen LogP contribution in [-0.4, -0.2) is 27.9 Å². The van der Waals surface area contributed by atoms with Gasteiger partial charge in [-0.3, -0.25) is 9.59 Å². The van der Waals surface area contributed by atoms with Crippen molar-refractivity contribution in [3.05, 3.63) is 16.4 Å². The molecule has 0 aromatic carbocycles. The molecule has 1 amide bonds. The van der Waals surface area contributed by atoms with Gasteiger partial charge in [-0.1, -0.05) is 33.1 Å². The van der Waals surface area contributed by atoms with E-state index in [-0.39, 0.29) is 25.1 Å². The van der Waals surface area contributed by atoms with E-state index >= 15 is 0 Å². The van der Waals surface area contributed by atoms with Gasteiger partial charge in [0.25, 0.3) is 5.89 Å². The molecule has 1 saturated carbocycles. The van der Waals surface area contributed by atoms with E-state index in [0.717, 1.165) is 32.1 Å². The number of hydrogen-bond acceptors (Lipinski definition) is 5. The Hall–Kier alpha value is -1.92. The van der Waals surface area contributed by atoms with Crippen LogP contribution < -0.4 is 11.1 Å². The molecule has 0 radical (unpaired) electrons. The summed E-state index contributed by atoms with van der Waals surface area (Å²) in [5, 5.41) is 8.45. The highest BCUT2D eigenvalue weighted by molar-refractivity contribution is 5.98. The monoisotopic (exact) mass is 311 g/mol. The summed E-state index contributed by atoms with van der Waals surface area (Å²) in [5.74, 6) is -1.41. The first kappa shape index (κ1) is 16.5. The van der Waals surface area contributed by atoms with Gasteiger partial charge in [0, 0.05) is 7.34 Å². The predicted molar refractivity (Wildman–Crippen MR) is 81.5 cm³/mol.